The molecule has 0 radical (unpaired) electrons. The molecular weight excluding hydrogens is 260 g/mol. The van der Waals surface area contributed by atoms with E-state index in [1.807, 2.05) is 30.5 Å². The minimum atomic E-state index is 0.761. The van der Waals surface area contributed by atoms with Gasteiger partial charge in [-0.25, -0.2) is 0 Å². The Morgan fingerprint density at radius 3 is 2.71 bits per heavy atom. The van der Waals surface area contributed by atoms with Crippen molar-refractivity contribution in [2.24, 2.45) is 0 Å². The molecule has 1 aromatic carbocycles. The highest BCUT2D eigenvalue weighted by atomic mass is 15.1. The lowest BCUT2D eigenvalue weighted by Gasteiger charge is -2.20. The van der Waals surface area contributed by atoms with Crippen molar-refractivity contribution in [2.75, 3.05) is 37.2 Å². The van der Waals surface area contributed by atoms with E-state index >= 15 is 0 Å². The molecule has 0 bridgehead atoms. The fourth-order valence-electron chi connectivity index (χ4n) is 3.03. The molecule has 3 rings (SSSR count). The normalized spacial score (nSPS) is 16.8. The fourth-order valence-corrected chi connectivity index (χ4v) is 3.03. The van der Waals surface area contributed by atoms with Gasteiger partial charge in [-0.3, -0.25) is 4.98 Å². The summed E-state index contributed by atoms with van der Waals surface area (Å²) in [5, 5.41) is 4.69. The zero-order valence-electron chi connectivity index (χ0n) is 12.5. The molecule has 2 heterocycles. The standard InChI is InChI=1S/C17H24N4/c18-14-5-6-15-16(7-8-19-17(15)13-14)20-9-12-21-10-3-1-2-4-11-21/h5-8,13H,1-4,9-12,18H2,(H,19,20). The number of fused-ring (bicyclic) bond motifs is 1. The van der Waals surface area contributed by atoms with Crippen LogP contribution in [0.2, 0.25) is 0 Å². The van der Waals surface area contributed by atoms with Gasteiger partial charge < -0.3 is 16.0 Å². The Balaban J connectivity index is 1.62. The van der Waals surface area contributed by atoms with Crippen LogP contribution in [-0.4, -0.2) is 36.1 Å². The summed E-state index contributed by atoms with van der Waals surface area (Å²) in [6, 6.07) is 7.95. The van der Waals surface area contributed by atoms with E-state index in [9.17, 15) is 0 Å². The van der Waals surface area contributed by atoms with Gasteiger partial charge in [-0.15, -0.1) is 0 Å². The molecule has 1 aliphatic heterocycles. The van der Waals surface area contributed by atoms with Crippen LogP contribution in [0, 0.1) is 0 Å². The van der Waals surface area contributed by atoms with E-state index in [1.54, 1.807) is 0 Å². The average Bonchev–Trinajstić information content (AvgIpc) is 2.76. The smallest absolute Gasteiger partial charge is 0.0743 e. The van der Waals surface area contributed by atoms with Gasteiger partial charge in [-0.05, 0) is 50.2 Å². The number of rotatable bonds is 4. The lowest BCUT2D eigenvalue weighted by molar-refractivity contribution is 0.296. The lowest BCUT2D eigenvalue weighted by Crippen LogP contribution is -2.30. The number of hydrogen-bond donors (Lipinski definition) is 2. The summed E-state index contributed by atoms with van der Waals surface area (Å²) in [5.74, 6) is 0. The third-order valence-corrected chi connectivity index (χ3v) is 4.21. The van der Waals surface area contributed by atoms with E-state index in [0.717, 1.165) is 35.4 Å². The topological polar surface area (TPSA) is 54.2 Å². The number of anilines is 2. The predicted octanol–water partition coefficient (Wildman–Crippen LogP) is 3.10. The van der Waals surface area contributed by atoms with Gasteiger partial charge in [0, 0.05) is 36.0 Å². The Morgan fingerprint density at radius 2 is 1.90 bits per heavy atom. The van der Waals surface area contributed by atoms with Crippen LogP contribution in [0.3, 0.4) is 0 Å². The Hall–Kier alpha value is -1.81. The largest absolute Gasteiger partial charge is 0.399 e. The third-order valence-electron chi connectivity index (χ3n) is 4.21. The summed E-state index contributed by atoms with van der Waals surface area (Å²) in [5.41, 5.74) is 8.68. The van der Waals surface area contributed by atoms with Crippen molar-refractivity contribution in [1.82, 2.24) is 9.88 Å². The lowest BCUT2D eigenvalue weighted by atomic mass is 10.1. The second-order valence-electron chi connectivity index (χ2n) is 5.82. The molecule has 112 valence electrons. The van der Waals surface area contributed by atoms with Crippen LogP contribution in [0.5, 0.6) is 0 Å². The van der Waals surface area contributed by atoms with Gasteiger partial charge in [-0.2, -0.15) is 0 Å². The van der Waals surface area contributed by atoms with E-state index in [1.165, 1.54) is 38.8 Å². The summed E-state index contributed by atoms with van der Waals surface area (Å²) in [6.45, 7) is 4.58. The van der Waals surface area contributed by atoms with Crippen LogP contribution in [0.1, 0.15) is 25.7 Å². The molecule has 1 fully saturated rings. The van der Waals surface area contributed by atoms with Gasteiger partial charge in [0.15, 0.2) is 0 Å². The van der Waals surface area contributed by atoms with Crippen LogP contribution in [-0.2, 0) is 0 Å². The van der Waals surface area contributed by atoms with Crippen molar-refractivity contribution >= 4 is 22.3 Å². The Morgan fingerprint density at radius 1 is 1.10 bits per heavy atom. The molecule has 0 unspecified atom stereocenters. The van der Waals surface area contributed by atoms with Crippen LogP contribution in [0.25, 0.3) is 10.9 Å². The first-order valence-electron chi connectivity index (χ1n) is 7.93. The molecule has 21 heavy (non-hydrogen) atoms. The monoisotopic (exact) mass is 284 g/mol. The van der Waals surface area contributed by atoms with Crippen LogP contribution < -0.4 is 11.1 Å². The Bertz CT molecular complexity index is 588. The maximum atomic E-state index is 5.82. The molecule has 2 aromatic rings. The molecule has 3 N–H and O–H groups in total. The summed E-state index contributed by atoms with van der Waals surface area (Å²) >= 11 is 0. The highest BCUT2D eigenvalue weighted by molar-refractivity contribution is 5.92. The number of pyridine rings is 1. The first-order chi connectivity index (χ1) is 10.3. The van der Waals surface area contributed by atoms with Crippen molar-refractivity contribution in [3.63, 3.8) is 0 Å². The molecule has 1 saturated heterocycles. The van der Waals surface area contributed by atoms with Crippen molar-refractivity contribution in [2.45, 2.75) is 25.7 Å². The van der Waals surface area contributed by atoms with Crippen LogP contribution >= 0.6 is 0 Å². The first-order valence-corrected chi connectivity index (χ1v) is 7.93. The highest BCUT2D eigenvalue weighted by Gasteiger charge is 2.08. The average molecular weight is 284 g/mol. The van der Waals surface area contributed by atoms with Gasteiger partial charge in [0.1, 0.15) is 0 Å². The SMILES string of the molecule is Nc1ccc2c(NCCN3CCCCCC3)ccnc2c1. The number of nitrogens with two attached hydrogens (primary N) is 1. The number of likely N-dealkylation sites (tertiary alicyclic amines) is 1. The summed E-state index contributed by atoms with van der Waals surface area (Å²) < 4.78 is 0. The van der Waals surface area contributed by atoms with Gasteiger partial charge >= 0.3 is 0 Å². The molecule has 1 aromatic heterocycles. The number of benzene rings is 1. The Kier molecular flexibility index (Phi) is 4.55. The zero-order chi connectivity index (χ0) is 14.5. The number of nitrogens with zero attached hydrogens (tertiary/aromatic N) is 2. The molecule has 0 saturated carbocycles. The van der Waals surface area contributed by atoms with Gasteiger partial charge in [-0.1, -0.05) is 12.8 Å². The van der Waals surface area contributed by atoms with E-state index in [2.05, 4.69) is 15.2 Å². The minimum Gasteiger partial charge on any atom is -0.399 e. The second kappa shape index (κ2) is 6.76. The molecule has 1 aliphatic rings. The molecular formula is C17H24N4. The quantitative estimate of drug-likeness (QED) is 0.847. The zero-order valence-corrected chi connectivity index (χ0v) is 12.5. The molecule has 4 heteroatoms. The van der Waals surface area contributed by atoms with Crippen LogP contribution in [0.15, 0.2) is 30.5 Å². The highest BCUT2D eigenvalue weighted by Crippen LogP contribution is 2.23. The maximum Gasteiger partial charge on any atom is 0.0743 e. The van der Waals surface area contributed by atoms with Crippen molar-refractivity contribution in [3.05, 3.63) is 30.5 Å². The Labute approximate surface area is 126 Å². The number of nitrogens with one attached hydrogen (secondary N) is 1. The summed E-state index contributed by atoms with van der Waals surface area (Å²) in [4.78, 5) is 6.95. The van der Waals surface area contributed by atoms with Crippen molar-refractivity contribution in [3.8, 4) is 0 Å². The predicted molar refractivity (Wildman–Crippen MR) is 89.6 cm³/mol. The van der Waals surface area contributed by atoms with E-state index in [0.29, 0.717) is 0 Å². The summed E-state index contributed by atoms with van der Waals surface area (Å²) in [6.07, 6.45) is 7.31. The van der Waals surface area contributed by atoms with E-state index < -0.39 is 0 Å². The molecule has 0 atom stereocenters. The van der Waals surface area contributed by atoms with Crippen molar-refractivity contribution < 1.29 is 0 Å². The molecule has 0 spiro atoms. The number of hydrogen-bond acceptors (Lipinski definition) is 4. The molecule has 0 aliphatic carbocycles. The molecule has 4 nitrogen and oxygen atoms in total. The summed E-state index contributed by atoms with van der Waals surface area (Å²) in [7, 11) is 0. The number of aromatic nitrogens is 1. The van der Waals surface area contributed by atoms with Gasteiger partial charge in [0.05, 0.1) is 5.52 Å². The third kappa shape index (κ3) is 3.64. The maximum absolute atomic E-state index is 5.82. The van der Waals surface area contributed by atoms with Crippen molar-refractivity contribution in [1.29, 1.82) is 0 Å². The fraction of sp³-hybridized carbons (Fsp3) is 0.471. The number of nitrogen functional groups attached to an aromatic ring is 1. The minimum absolute atomic E-state index is 0.761. The molecule has 0 amide bonds. The van der Waals surface area contributed by atoms with E-state index in [4.69, 9.17) is 5.73 Å². The second-order valence-corrected chi connectivity index (χ2v) is 5.82. The van der Waals surface area contributed by atoms with Gasteiger partial charge in [0.25, 0.3) is 0 Å². The van der Waals surface area contributed by atoms with Crippen LogP contribution in [0.4, 0.5) is 11.4 Å². The first kappa shape index (κ1) is 14.1. The van der Waals surface area contributed by atoms with E-state index in [-0.39, 0.29) is 0 Å². The van der Waals surface area contributed by atoms with Gasteiger partial charge in [0.2, 0.25) is 0 Å².